The van der Waals surface area contributed by atoms with Gasteiger partial charge in [-0.1, -0.05) is 0 Å². The Labute approximate surface area is 108 Å². The number of carbonyl (C=O) groups is 1. The lowest BCUT2D eigenvalue weighted by atomic mass is 10.1. The molecule has 2 rings (SSSR count). The van der Waals surface area contributed by atoms with Crippen LogP contribution >= 0.6 is 0 Å². The molecule has 1 fully saturated rings. The van der Waals surface area contributed by atoms with Crippen molar-refractivity contribution < 1.29 is 9.53 Å². The molecule has 4 heteroatoms. The van der Waals surface area contributed by atoms with E-state index in [0.717, 1.165) is 11.4 Å². The van der Waals surface area contributed by atoms with E-state index in [0.29, 0.717) is 5.92 Å². The monoisotopic (exact) mass is 248 g/mol. The number of benzene rings is 1. The van der Waals surface area contributed by atoms with E-state index in [2.05, 4.69) is 6.92 Å². The number of methoxy groups -OCH3 is 1. The minimum Gasteiger partial charge on any atom is -0.497 e. The molecule has 0 saturated heterocycles. The molecule has 18 heavy (non-hydrogen) atoms. The van der Waals surface area contributed by atoms with Crippen molar-refractivity contribution in [1.29, 1.82) is 0 Å². The maximum absolute atomic E-state index is 12.0. The van der Waals surface area contributed by atoms with Crippen LogP contribution in [0.25, 0.3) is 0 Å². The number of rotatable bonds is 5. The van der Waals surface area contributed by atoms with Crippen molar-refractivity contribution in [1.82, 2.24) is 0 Å². The van der Waals surface area contributed by atoms with Gasteiger partial charge in [-0.25, -0.2) is 0 Å². The third kappa shape index (κ3) is 2.64. The van der Waals surface area contributed by atoms with Gasteiger partial charge >= 0.3 is 0 Å². The lowest BCUT2D eigenvalue weighted by molar-refractivity contribution is -0.117. The van der Waals surface area contributed by atoms with Crippen molar-refractivity contribution >= 4 is 11.6 Å². The summed E-state index contributed by atoms with van der Waals surface area (Å²) in [5.41, 5.74) is 6.40. The molecule has 0 unspecified atom stereocenters. The predicted molar refractivity (Wildman–Crippen MR) is 71.7 cm³/mol. The summed E-state index contributed by atoms with van der Waals surface area (Å²) in [6.45, 7) is 2.14. The molecule has 4 nitrogen and oxygen atoms in total. The zero-order valence-corrected chi connectivity index (χ0v) is 10.9. The number of hydrogen-bond donors (Lipinski definition) is 1. The van der Waals surface area contributed by atoms with E-state index < -0.39 is 0 Å². The van der Waals surface area contributed by atoms with Crippen molar-refractivity contribution in [2.45, 2.75) is 25.8 Å². The van der Waals surface area contributed by atoms with Gasteiger partial charge < -0.3 is 15.4 Å². The van der Waals surface area contributed by atoms with Crippen LogP contribution in [-0.4, -0.2) is 25.6 Å². The molecule has 1 aliphatic carbocycles. The molecule has 1 amide bonds. The van der Waals surface area contributed by atoms with Crippen molar-refractivity contribution in [3.8, 4) is 5.75 Å². The molecule has 0 aromatic heterocycles. The zero-order chi connectivity index (χ0) is 13.1. The van der Waals surface area contributed by atoms with Gasteiger partial charge in [0.15, 0.2) is 0 Å². The normalized spacial score (nSPS) is 16.2. The van der Waals surface area contributed by atoms with Crippen LogP contribution in [0.3, 0.4) is 0 Å². The molecule has 1 saturated carbocycles. The largest absolute Gasteiger partial charge is 0.497 e. The second kappa shape index (κ2) is 5.40. The quantitative estimate of drug-likeness (QED) is 0.864. The molecule has 1 aromatic rings. The number of anilines is 1. The van der Waals surface area contributed by atoms with E-state index in [1.54, 1.807) is 7.11 Å². The molecule has 0 bridgehead atoms. The van der Waals surface area contributed by atoms with Gasteiger partial charge in [0.2, 0.25) is 5.91 Å². The Morgan fingerprint density at radius 1 is 1.44 bits per heavy atom. The first-order chi connectivity index (χ1) is 8.67. The molecule has 0 spiro atoms. The summed E-state index contributed by atoms with van der Waals surface area (Å²) >= 11 is 0. The molecule has 0 aliphatic heterocycles. The van der Waals surface area contributed by atoms with E-state index in [1.807, 2.05) is 29.2 Å². The summed E-state index contributed by atoms with van der Waals surface area (Å²) in [6.07, 6.45) is 2.40. The van der Waals surface area contributed by atoms with Crippen LogP contribution in [0, 0.1) is 5.92 Å². The maximum atomic E-state index is 12.0. The number of hydrogen-bond acceptors (Lipinski definition) is 3. The van der Waals surface area contributed by atoms with Gasteiger partial charge in [0.25, 0.3) is 0 Å². The van der Waals surface area contributed by atoms with E-state index in [4.69, 9.17) is 10.5 Å². The fourth-order valence-electron chi connectivity index (χ4n) is 2.24. The van der Waals surface area contributed by atoms with Gasteiger partial charge in [-0.05, 0) is 49.9 Å². The van der Waals surface area contributed by atoms with Crippen LogP contribution in [0.2, 0.25) is 0 Å². The number of nitrogens with two attached hydrogens (primary N) is 1. The van der Waals surface area contributed by atoms with Gasteiger partial charge in [-0.3, -0.25) is 4.79 Å². The topological polar surface area (TPSA) is 55.6 Å². The number of amides is 1. The summed E-state index contributed by atoms with van der Waals surface area (Å²) in [5, 5.41) is 0. The summed E-state index contributed by atoms with van der Waals surface area (Å²) in [7, 11) is 1.63. The molecular formula is C14H20N2O2. The summed E-state index contributed by atoms with van der Waals surface area (Å²) < 4.78 is 5.13. The fraction of sp³-hybridized carbons (Fsp3) is 0.500. The van der Waals surface area contributed by atoms with E-state index >= 15 is 0 Å². The minimum atomic E-state index is -0.0282. The number of nitrogens with zero attached hydrogens (tertiary/aromatic N) is 1. The van der Waals surface area contributed by atoms with Gasteiger partial charge in [-0.15, -0.1) is 0 Å². The Kier molecular flexibility index (Phi) is 3.87. The molecule has 0 radical (unpaired) electrons. The van der Waals surface area contributed by atoms with Crippen LogP contribution in [0.1, 0.15) is 19.8 Å². The highest BCUT2D eigenvalue weighted by atomic mass is 16.5. The summed E-state index contributed by atoms with van der Waals surface area (Å²) in [6, 6.07) is 7.77. The Morgan fingerprint density at radius 2 is 2.06 bits per heavy atom. The number of carbonyl (C=O) groups excluding carboxylic acids is 1. The molecule has 0 heterocycles. The van der Waals surface area contributed by atoms with Crippen molar-refractivity contribution in [3.05, 3.63) is 24.3 Å². The molecule has 2 N–H and O–H groups in total. The predicted octanol–water partition coefficient (Wildman–Crippen LogP) is 1.79. The van der Waals surface area contributed by atoms with Crippen LogP contribution in [-0.2, 0) is 4.79 Å². The second-order valence-electron chi connectivity index (χ2n) is 4.74. The van der Waals surface area contributed by atoms with Crippen LogP contribution in [0.15, 0.2) is 24.3 Å². The first kappa shape index (κ1) is 12.9. The third-order valence-electron chi connectivity index (χ3n) is 3.51. The molecule has 1 aromatic carbocycles. The average Bonchev–Trinajstić information content (AvgIpc) is 3.23. The van der Waals surface area contributed by atoms with Gasteiger partial charge in [-0.2, -0.15) is 0 Å². The molecular weight excluding hydrogens is 228 g/mol. The lowest BCUT2D eigenvalue weighted by Gasteiger charge is -2.29. The van der Waals surface area contributed by atoms with Crippen LogP contribution < -0.4 is 15.4 Å². The van der Waals surface area contributed by atoms with Crippen LogP contribution in [0.5, 0.6) is 5.75 Å². The average molecular weight is 248 g/mol. The van der Waals surface area contributed by atoms with Crippen molar-refractivity contribution in [2.24, 2.45) is 11.7 Å². The fourth-order valence-corrected chi connectivity index (χ4v) is 2.24. The highest BCUT2D eigenvalue weighted by Gasteiger charge is 2.34. The molecule has 1 atom stereocenters. The maximum Gasteiger partial charge on any atom is 0.240 e. The van der Waals surface area contributed by atoms with Crippen LogP contribution in [0.4, 0.5) is 5.69 Å². The first-order valence-corrected chi connectivity index (χ1v) is 6.33. The second-order valence-corrected chi connectivity index (χ2v) is 4.74. The van der Waals surface area contributed by atoms with Crippen molar-refractivity contribution in [2.75, 3.05) is 18.6 Å². The van der Waals surface area contributed by atoms with Gasteiger partial charge in [0, 0.05) is 11.7 Å². The Bertz CT molecular complexity index is 412. The minimum absolute atomic E-state index is 0.0282. The highest BCUT2D eigenvalue weighted by Crippen LogP contribution is 2.37. The SMILES string of the molecule is COc1ccc(N(C(=O)CN)[C@@H](C)C2CC2)cc1. The zero-order valence-electron chi connectivity index (χ0n) is 10.9. The summed E-state index contributed by atoms with van der Waals surface area (Å²) in [5.74, 6) is 1.38. The standard InChI is InChI=1S/C14H20N2O2/c1-10(11-3-4-11)16(14(17)9-15)12-5-7-13(18-2)8-6-12/h5-8,10-11H,3-4,9,15H2,1-2H3/t10-/m0/s1. The highest BCUT2D eigenvalue weighted by molar-refractivity contribution is 5.95. The third-order valence-corrected chi connectivity index (χ3v) is 3.51. The summed E-state index contributed by atoms with van der Waals surface area (Å²) in [4.78, 5) is 13.8. The Hall–Kier alpha value is -1.55. The Morgan fingerprint density at radius 3 is 2.50 bits per heavy atom. The van der Waals surface area contributed by atoms with E-state index in [9.17, 15) is 4.79 Å². The molecule has 1 aliphatic rings. The smallest absolute Gasteiger partial charge is 0.240 e. The van der Waals surface area contributed by atoms with Crippen molar-refractivity contribution in [3.63, 3.8) is 0 Å². The van der Waals surface area contributed by atoms with Gasteiger partial charge in [0.05, 0.1) is 13.7 Å². The van der Waals surface area contributed by atoms with Gasteiger partial charge in [0.1, 0.15) is 5.75 Å². The lowest BCUT2D eigenvalue weighted by Crippen LogP contribution is -2.43. The van der Waals surface area contributed by atoms with E-state index in [1.165, 1.54) is 12.8 Å². The molecule has 98 valence electrons. The Balaban J connectivity index is 2.23. The van der Waals surface area contributed by atoms with E-state index in [-0.39, 0.29) is 18.5 Å². The first-order valence-electron chi connectivity index (χ1n) is 6.33. The number of ether oxygens (including phenoxy) is 1.